The van der Waals surface area contributed by atoms with Crippen LogP contribution in [0.2, 0.25) is 0 Å². The molecule has 0 bridgehead atoms. The van der Waals surface area contributed by atoms with Crippen LogP contribution >= 0.6 is 0 Å². The van der Waals surface area contributed by atoms with Gasteiger partial charge in [-0.2, -0.15) is 0 Å². The highest BCUT2D eigenvalue weighted by Gasteiger charge is 2.27. The SMILES string of the molecule is Cc1cc(C(=O)N(Cc2ccccn2)[C@H]2CCCNCC2)no1. The first kappa shape index (κ1) is 15.7. The first-order valence-electron chi connectivity index (χ1n) is 8.09. The van der Waals surface area contributed by atoms with Crippen LogP contribution in [-0.4, -0.2) is 40.1 Å². The summed E-state index contributed by atoms with van der Waals surface area (Å²) in [5.41, 5.74) is 1.26. The molecule has 0 unspecified atom stereocenters. The number of nitrogens with zero attached hydrogens (tertiary/aromatic N) is 3. The van der Waals surface area contributed by atoms with E-state index in [4.69, 9.17) is 4.52 Å². The van der Waals surface area contributed by atoms with Gasteiger partial charge in [0.2, 0.25) is 0 Å². The number of carbonyl (C=O) groups is 1. The summed E-state index contributed by atoms with van der Waals surface area (Å²) in [6.45, 7) is 4.22. The zero-order chi connectivity index (χ0) is 16.1. The highest BCUT2D eigenvalue weighted by molar-refractivity contribution is 5.92. The van der Waals surface area contributed by atoms with Crippen LogP contribution in [0, 0.1) is 6.92 Å². The van der Waals surface area contributed by atoms with Gasteiger partial charge in [-0.25, -0.2) is 0 Å². The maximum Gasteiger partial charge on any atom is 0.276 e. The lowest BCUT2D eigenvalue weighted by Crippen LogP contribution is -2.40. The van der Waals surface area contributed by atoms with Gasteiger partial charge in [0.15, 0.2) is 5.69 Å². The number of hydrogen-bond donors (Lipinski definition) is 1. The van der Waals surface area contributed by atoms with E-state index in [0.717, 1.165) is 38.0 Å². The fraction of sp³-hybridized carbons (Fsp3) is 0.471. The van der Waals surface area contributed by atoms with E-state index in [1.807, 2.05) is 23.1 Å². The van der Waals surface area contributed by atoms with Gasteiger partial charge in [-0.3, -0.25) is 9.78 Å². The predicted molar refractivity (Wildman–Crippen MR) is 85.9 cm³/mol. The lowest BCUT2D eigenvalue weighted by Gasteiger charge is -2.30. The number of pyridine rings is 1. The third-order valence-corrected chi connectivity index (χ3v) is 4.15. The Morgan fingerprint density at radius 2 is 2.30 bits per heavy atom. The summed E-state index contributed by atoms with van der Waals surface area (Å²) in [7, 11) is 0. The van der Waals surface area contributed by atoms with Gasteiger partial charge >= 0.3 is 0 Å². The van der Waals surface area contributed by atoms with Crippen LogP contribution in [0.1, 0.15) is 41.2 Å². The third-order valence-electron chi connectivity index (χ3n) is 4.15. The summed E-state index contributed by atoms with van der Waals surface area (Å²) in [4.78, 5) is 19.2. The average molecular weight is 314 g/mol. The molecule has 6 nitrogen and oxygen atoms in total. The Hall–Kier alpha value is -2.21. The third kappa shape index (κ3) is 3.96. The lowest BCUT2D eigenvalue weighted by molar-refractivity contribution is 0.0631. The van der Waals surface area contributed by atoms with Crippen molar-refractivity contribution in [2.24, 2.45) is 0 Å². The minimum atomic E-state index is -0.0839. The predicted octanol–water partition coefficient (Wildman–Crippen LogP) is 2.16. The van der Waals surface area contributed by atoms with Gasteiger partial charge in [0, 0.05) is 18.3 Å². The summed E-state index contributed by atoms with van der Waals surface area (Å²) < 4.78 is 5.07. The minimum Gasteiger partial charge on any atom is -0.361 e. The quantitative estimate of drug-likeness (QED) is 0.936. The zero-order valence-electron chi connectivity index (χ0n) is 13.4. The molecule has 122 valence electrons. The second kappa shape index (κ2) is 7.37. The zero-order valence-corrected chi connectivity index (χ0v) is 13.4. The molecule has 3 heterocycles. The van der Waals surface area contributed by atoms with E-state index in [1.165, 1.54) is 0 Å². The normalized spacial score (nSPS) is 18.4. The standard InChI is InChI=1S/C17H22N4O2/c1-13-11-16(20-23-13)17(22)21(12-14-5-2-3-9-19-14)15-6-4-8-18-10-7-15/h2-3,5,9,11,15,18H,4,6-8,10,12H2,1H3/t15-/m0/s1. The van der Waals surface area contributed by atoms with Gasteiger partial charge < -0.3 is 14.7 Å². The van der Waals surface area contributed by atoms with Gasteiger partial charge in [-0.15, -0.1) is 0 Å². The van der Waals surface area contributed by atoms with Crippen LogP contribution in [-0.2, 0) is 6.54 Å². The van der Waals surface area contributed by atoms with E-state index in [-0.39, 0.29) is 11.9 Å². The average Bonchev–Trinajstić information content (AvgIpc) is 2.84. The molecule has 1 amide bonds. The largest absolute Gasteiger partial charge is 0.361 e. The number of hydrogen-bond acceptors (Lipinski definition) is 5. The van der Waals surface area contributed by atoms with E-state index < -0.39 is 0 Å². The molecule has 3 rings (SSSR count). The molecule has 1 fully saturated rings. The molecule has 1 aliphatic rings. The molecule has 23 heavy (non-hydrogen) atoms. The van der Waals surface area contributed by atoms with Crippen LogP contribution in [0.25, 0.3) is 0 Å². The molecule has 2 aromatic heterocycles. The van der Waals surface area contributed by atoms with Crippen LogP contribution in [0.5, 0.6) is 0 Å². The summed E-state index contributed by atoms with van der Waals surface area (Å²) in [6, 6.07) is 7.66. The first-order chi connectivity index (χ1) is 11.2. The number of aryl methyl sites for hydroxylation is 1. The van der Waals surface area contributed by atoms with E-state index in [9.17, 15) is 4.79 Å². The highest BCUT2D eigenvalue weighted by Crippen LogP contribution is 2.19. The van der Waals surface area contributed by atoms with Gasteiger partial charge in [-0.1, -0.05) is 11.2 Å². The van der Waals surface area contributed by atoms with Crippen molar-refractivity contribution in [3.05, 3.63) is 47.6 Å². The fourth-order valence-electron chi connectivity index (χ4n) is 2.96. The van der Waals surface area contributed by atoms with Gasteiger partial charge in [0.05, 0.1) is 12.2 Å². The van der Waals surface area contributed by atoms with Gasteiger partial charge in [0.25, 0.3) is 5.91 Å². The lowest BCUT2D eigenvalue weighted by atomic mass is 10.1. The molecule has 0 aliphatic carbocycles. The molecular weight excluding hydrogens is 292 g/mol. The molecule has 1 saturated heterocycles. The van der Waals surface area contributed by atoms with E-state index in [2.05, 4.69) is 15.5 Å². The van der Waals surface area contributed by atoms with Crippen molar-refractivity contribution in [1.29, 1.82) is 0 Å². The van der Waals surface area contributed by atoms with Crippen molar-refractivity contribution in [1.82, 2.24) is 20.4 Å². The Morgan fingerprint density at radius 1 is 1.39 bits per heavy atom. The number of carbonyl (C=O) groups excluding carboxylic acids is 1. The maximum absolute atomic E-state index is 12.9. The summed E-state index contributed by atoms with van der Waals surface area (Å²) in [5, 5.41) is 7.29. The highest BCUT2D eigenvalue weighted by atomic mass is 16.5. The Morgan fingerprint density at radius 3 is 3.04 bits per heavy atom. The summed E-state index contributed by atoms with van der Waals surface area (Å²) in [5.74, 6) is 0.563. The van der Waals surface area contributed by atoms with E-state index in [1.54, 1.807) is 19.2 Å². The van der Waals surface area contributed by atoms with Gasteiger partial charge in [0.1, 0.15) is 5.76 Å². The van der Waals surface area contributed by atoms with Crippen molar-refractivity contribution in [3.63, 3.8) is 0 Å². The second-order valence-corrected chi connectivity index (χ2v) is 5.91. The number of aromatic nitrogens is 2. The molecule has 2 aromatic rings. The Kier molecular flexibility index (Phi) is 5.02. The van der Waals surface area contributed by atoms with Crippen LogP contribution < -0.4 is 5.32 Å². The molecule has 1 N–H and O–H groups in total. The number of nitrogens with one attached hydrogen (secondary N) is 1. The second-order valence-electron chi connectivity index (χ2n) is 5.91. The van der Waals surface area contributed by atoms with Gasteiger partial charge in [-0.05, 0) is 51.4 Å². The van der Waals surface area contributed by atoms with Crippen molar-refractivity contribution in [3.8, 4) is 0 Å². The summed E-state index contributed by atoms with van der Waals surface area (Å²) in [6.07, 6.45) is 4.75. The van der Waals surface area contributed by atoms with Crippen molar-refractivity contribution in [2.75, 3.05) is 13.1 Å². The summed E-state index contributed by atoms with van der Waals surface area (Å²) >= 11 is 0. The molecular formula is C17H22N4O2. The smallest absolute Gasteiger partial charge is 0.276 e. The van der Waals surface area contributed by atoms with Crippen LogP contribution in [0.15, 0.2) is 35.0 Å². The topological polar surface area (TPSA) is 71.3 Å². The van der Waals surface area contributed by atoms with Crippen molar-refractivity contribution < 1.29 is 9.32 Å². The Bertz CT molecular complexity index is 633. The molecule has 0 aromatic carbocycles. The molecule has 0 spiro atoms. The molecule has 0 radical (unpaired) electrons. The van der Waals surface area contributed by atoms with E-state index in [0.29, 0.717) is 18.0 Å². The van der Waals surface area contributed by atoms with Crippen LogP contribution in [0.4, 0.5) is 0 Å². The van der Waals surface area contributed by atoms with Crippen molar-refractivity contribution in [2.45, 2.75) is 38.8 Å². The van der Waals surface area contributed by atoms with Crippen LogP contribution in [0.3, 0.4) is 0 Å². The number of amides is 1. The maximum atomic E-state index is 12.9. The first-order valence-corrected chi connectivity index (χ1v) is 8.09. The molecule has 1 aliphatic heterocycles. The number of rotatable bonds is 4. The monoisotopic (exact) mass is 314 g/mol. The van der Waals surface area contributed by atoms with E-state index >= 15 is 0 Å². The van der Waals surface area contributed by atoms with Crippen molar-refractivity contribution >= 4 is 5.91 Å². The Balaban J connectivity index is 1.84. The molecule has 1 atom stereocenters. The molecule has 0 saturated carbocycles. The Labute approximate surface area is 135 Å². The minimum absolute atomic E-state index is 0.0839. The molecule has 6 heteroatoms. The fourth-order valence-corrected chi connectivity index (χ4v) is 2.96.